The number of benzene rings is 1. The van der Waals surface area contributed by atoms with Crippen LogP contribution in [0.3, 0.4) is 0 Å². The van der Waals surface area contributed by atoms with Gasteiger partial charge < -0.3 is 0 Å². The molecule has 1 aliphatic carbocycles. The van der Waals surface area contributed by atoms with Crippen LogP contribution in [0.4, 0.5) is 0 Å². The number of hydrogen-bond acceptors (Lipinski definition) is 5. The third-order valence-electron chi connectivity index (χ3n) is 5.30. The molecule has 1 aromatic carbocycles. The highest BCUT2D eigenvalue weighted by molar-refractivity contribution is 7.18. The van der Waals surface area contributed by atoms with Crippen LogP contribution >= 0.6 is 11.3 Å². The predicted octanol–water partition coefficient (Wildman–Crippen LogP) is 3.11. The molecule has 2 aromatic heterocycles. The summed E-state index contributed by atoms with van der Waals surface area (Å²) in [6.07, 6.45) is 7.84. The van der Waals surface area contributed by atoms with Gasteiger partial charge in [-0.1, -0.05) is 36.4 Å². The number of amides is 1. The van der Waals surface area contributed by atoms with Crippen LogP contribution in [0.1, 0.15) is 40.7 Å². The van der Waals surface area contributed by atoms with Gasteiger partial charge in [0, 0.05) is 4.88 Å². The van der Waals surface area contributed by atoms with Crippen molar-refractivity contribution in [1.82, 2.24) is 15.0 Å². The van der Waals surface area contributed by atoms with E-state index in [9.17, 15) is 9.59 Å². The second kappa shape index (κ2) is 7.00. The minimum absolute atomic E-state index is 0.116. The summed E-state index contributed by atoms with van der Waals surface area (Å²) < 4.78 is 1.49. The molecule has 3 aromatic rings. The molecular formula is C21H19N3O3S. The molecule has 1 saturated heterocycles. The molecule has 6 nitrogen and oxygen atoms in total. The number of nitrogens with one attached hydrogen (secondary N) is 1. The van der Waals surface area contributed by atoms with E-state index in [0.29, 0.717) is 11.2 Å². The van der Waals surface area contributed by atoms with Gasteiger partial charge in [0.2, 0.25) is 0 Å². The molecule has 1 atom stereocenters. The first kappa shape index (κ1) is 17.3. The minimum Gasteiger partial charge on any atom is -0.277 e. The number of nitrogens with zero attached hydrogens (tertiary/aromatic N) is 2. The van der Waals surface area contributed by atoms with Gasteiger partial charge in [0.25, 0.3) is 11.5 Å². The molecule has 142 valence electrons. The number of fused-ring (bicyclic) bond motifs is 3. The lowest BCUT2D eigenvalue weighted by atomic mass is 9.97. The first-order valence-electron chi connectivity index (χ1n) is 9.44. The number of thiophene rings is 1. The summed E-state index contributed by atoms with van der Waals surface area (Å²) in [5.74, 6) is 0.160. The average molecular weight is 393 g/mol. The van der Waals surface area contributed by atoms with Gasteiger partial charge in [-0.15, -0.1) is 11.3 Å². The highest BCUT2D eigenvalue weighted by atomic mass is 32.1. The zero-order chi connectivity index (χ0) is 19.1. The number of hydroxylamine groups is 1. The molecule has 5 rings (SSSR count). The van der Waals surface area contributed by atoms with Gasteiger partial charge in [-0.2, -0.15) is 0 Å². The summed E-state index contributed by atoms with van der Waals surface area (Å²) in [7, 11) is 0. The molecule has 2 aliphatic rings. The Balaban J connectivity index is 1.72. The molecule has 0 bridgehead atoms. The molecule has 7 heteroatoms. The normalized spacial score (nSPS) is 19.3. The fourth-order valence-corrected chi connectivity index (χ4v) is 5.17. The molecule has 1 aliphatic heterocycles. The van der Waals surface area contributed by atoms with Crippen LogP contribution in [0.2, 0.25) is 0 Å². The van der Waals surface area contributed by atoms with Crippen molar-refractivity contribution in [3.8, 4) is 0 Å². The van der Waals surface area contributed by atoms with E-state index >= 15 is 0 Å². The summed E-state index contributed by atoms with van der Waals surface area (Å²) >= 11 is 1.61. The molecule has 28 heavy (non-hydrogen) atoms. The molecule has 1 N–H and O–H groups in total. The van der Waals surface area contributed by atoms with Gasteiger partial charge in [-0.25, -0.2) is 10.5 Å². The van der Waals surface area contributed by atoms with Gasteiger partial charge in [-0.05, 0) is 42.9 Å². The molecular weight excluding hydrogens is 374 g/mol. The Bertz CT molecular complexity index is 1150. The maximum atomic E-state index is 13.5. The summed E-state index contributed by atoms with van der Waals surface area (Å²) in [5, 5.41) is 0.677. The SMILES string of the molecule is O=C1NOCC1n1c(/C=C/c2ccccc2)nc2sc3c(c2c1=O)CCCC3. The predicted molar refractivity (Wildman–Crippen MR) is 109 cm³/mol. The molecule has 1 unspecified atom stereocenters. The molecule has 3 heterocycles. The summed E-state index contributed by atoms with van der Waals surface area (Å²) in [5.41, 5.74) is 4.32. The van der Waals surface area contributed by atoms with Crippen molar-refractivity contribution in [2.24, 2.45) is 0 Å². The fourth-order valence-electron chi connectivity index (χ4n) is 3.91. The summed E-state index contributed by atoms with van der Waals surface area (Å²) in [6, 6.07) is 9.11. The lowest BCUT2D eigenvalue weighted by Crippen LogP contribution is -2.33. The largest absolute Gasteiger partial charge is 0.277 e. The van der Waals surface area contributed by atoms with Crippen molar-refractivity contribution in [3.63, 3.8) is 0 Å². The second-order valence-corrected chi connectivity index (χ2v) is 8.16. The van der Waals surface area contributed by atoms with Crippen LogP contribution in [-0.2, 0) is 22.5 Å². The highest BCUT2D eigenvalue weighted by Gasteiger charge is 2.32. The number of aryl methyl sites for hydroxylation is 2. The Morgan fingerprint density at radius 2 is 1.96 bits per heavy atom. The average Bonchev–Trinajstić information content (AvgIpc) is 3.30. The first-order chi connectivity index (χ1) is 13.7. The summed E-state index contributed by atoms with van der Waals surface area (Å²) in [6.45, 7) is 0.116. The smallest absolute Gasteiger partial charge is 0.269 e. The van der Waals surface area contributed by atoms with Crippen LogP contribution in [0.25, 0.3) is 22.4 Å². The molecule has 1 fully saturated rings. The standard InChI is InChI=1S/C21H19N3O3S/c25-19-15(12-27-23-19)24-17(11-10-13-6-2-1-3-7-13)22-20-18(21(24)26)14-8-4-5-9-16(14)28-20/h1-3,6-7,10-11,15H,4-5,8-9,12H2,(H,23,25)/b11-10+. The van der Waals surface area contributed by atoms with Crippen molar-refractivity contribution in [2.75, 3.05) is 6.61 Å². The van der Waals surface area contributed by atoms with Crippen molar-refractivity contribution in [3.05, 3.63) is 62.5 Å². The first-order valence-corrected chi connectivity index (χ1v) is 10.3. The lowest BCUT2D eigenvalue weighted by molar-refractivity contribution is -0.125. The van der Waals surface area contributed by atoms with Crippen LogP contribution in [-0.4, -0.2) is 22.1 Å². The van der Waals surface area contributed by atoms with E-state index < -0.39 is 6.04 Å². The van der Waals surface area contributed by atoms with Crippen molar-refractivity contribution in [2.45, 2.75) is 31.7 Å². The van der Waals surface area contributed by atoms with E-state index in [1.807, 2.05) is 36.4 Å². The number of carbonyl (C=O) groups excluding carboxylic acids is 1. The molecule has 1 amide bonds. The van der Waals surface area contributed by atoms with Gasteiger partial charge in [0.05, 0.1) is 5.39 Å². The number of rotatable bonds is 3. The molecule has 0 saturated carbocycles. The molecule has 0 radical (unpaired) electrons. The van der Waals surface area contributed by atoms with Crippen LogP contribution < -0.4 is 11.0 Å². The van der Waals surface area contributed by atoms with E-state index in [1.54, 1.807) is 17.4 Å². The zero-order valence-electron chi connectivity index (χ0n) is 15.2. The van der Waals surface area contributed by atoms with Gasteiger partial charge in [0.15, 0.2) is 0 Å². The van der Waals surface area contributed by atoms with Gasteiger partial charge in [-0.3, -0.25) is 19.0 Å². The highest BCUT2D eigenvalue weighted by Crippen LogP contribution is 2.34. The van der Waals surface area contributed by atoms with Crippen LogP contribution in [0, 0.1) is 0 Å². The van der Waals surface area contributed by atoms with Gasteiger partial charge >= 0.3 is 0 Å². The van der Waals surface area contributed by atoms with Crippen molar-refractivity contribution >= 4 is 39.6 Å². The Kier molecular flexibility index (Phi) is 4.33. The Labute approximate surface area is 165 Å². The van der Waals surface area contributed by atoms with E-state index in [2.05, 4.69) is 5.48 Å². The van der Waals surface area contributed by atoms with Crippen LogP contribution in [0.5, 0.6) is 0 Å². The molecule has 0 spiro atoms. The second-order valence-electron chi connectivity index (χ2n) is 7.07. The van der Waals surface area contributed by atoms with E-state index in [0.717, 1.165) is 41.6 Å². The van der Waals surface area contributed by atoms with E-state index in [-0.39, 0.29) is 18.1 Å². The zero-order valence-corrected chi connectivity index (χ0v) is 16.0. The maximum Gasteiger partial charge on any atom is 0.269 e. The van der Waals surface area contributed by atoms with E-state index in [1.165, 1.54) is 9.44 Å². The monoisotopic (exact) mass is 393 g/mol. The van der Waals surface area contributed by atoms with Crippen molar-refractivity contribution in [1.29, 1.82) is 0 Å². The Morgan fingerprint density at radius 1 is 1.14 bits per heavy atom. The van der Waals surface area contributed by atoms with Crippen molar-refractivity contribution < 1.29 is 9.63 Å². The van der Waals surface area contributed by atoms with Crippen LogP contribution in [0.15, 0.2) is 35.1 Å². The Hall–Kier alpha value is -2.77. The number of aromatic nitrogens is 2. The fraction of sp³-hybridized carbons (Fsp3) is 0.286. The third kappa shape index (κ3) is 2.87. The Morgan fingerprint density at radius 3 is 2.75 bits per heavy atom. The topological polar surface area (TPSA) is 73.2 Å². The quantitative estimate of drug-likeness (QED) is 0.742. The number of hydrogen-bond donors (Lipinski definition) is 1. The third-order valence-corrected chi connectivity index (χ3v) is 6.49. The number of carbonyl (C=O) groups is 1. The maximum absolute atomic E-state index is 13.5. The summed E-state index contributed by atoms with van der Waals surface area (Å²) in [4.78, 5) is 37.7. The van der Waals surface area contributed by atoms with E-state index in [4.69, 9.17) is 9.82 Å². The minimum atomic E-state index is -0.709. The lowest BCUT2D eigenvalue weighted by Gasteiger charge is -2.14. The van der Waals surface area contributed by atoms with Gasteiger partial charge in [0.1, 0.15) is 23.3 Å².